The van der Waals surface area contributed by atoms with E-state index in [2.05, 4.69) is 22.1 Å². The third-order valence-electron chi connectivity index (χ3n) is 3.78. The van der Waals surface area contributed by atoms with Crippen molar-refractivity contribution in [2.24, 2.45) is 0 Å². The number of aryl methyl sites for hydroxylation is 1. The van der Waals surface area contributed by atoms with Gasteiger partial charge in [0.1, 0.15) is 11.5 Å². The van der Waals surface area contributed by atoms with Gasteiger partial charge in [-0.3, -0.25) is 9.78 Å². The molecule has 6 heteroatoms. The molecule has 1 aromatic carbocycles. The van der Waals surface area contributed by atoms with Crippen LogP contribution < -0.4 is 14.8 Å². The number of hydrogen-bond acceptors (Lipinski definition) is 5. The third-order valence-corrected chi connectivity index (χ3v) is 4.52. The van der Waals surface area contributed by atoms with Crippen LogP contribution in [0.4, 0.5) is 0 Å². The Morgan fingerprint density at radius 1 is 1.33 bits per heavy atom. The van der Waals surface area contributed by atoms with Gasteiger partial charge in [-0.2, -0.15) is 0 Å². The van der Waals surface area contributed by atoms with Gasteiger partial charge in [0.15, 0.2) is 0 Å². The lowest BCUT2D eigenvalue weighted by atomic mass is 10.1. The van der Waals surface area contributed by atoms with Crippen LogP contribution in [0.15, 0.2) is 24.4 Å². The van der Waals surface area contributed by atoms with Crippen molar-refractivity contribution in [1.29, 1.82) is 0 Å². The van der Waals surface area contributed by atoms with Gasteiger partial charge in [-0.1, -0.05) is 5.92 Å². The summed E-state index contributed by atoms with van der Waals surface area (Å²) in [6.45, 7) is 9.95. The summed E-state index contributed by atoms with van der Waals surface area (Å²) in [6.07, 6.45) is 3.56. The molecule has 0 saturated carbocycles. The molecule has 0 fully saturated rings. The van der Waals surface area contributed by atoms with E-state index in [1.54, 1.807) is 13.1 Å². The van der Waals surface area contributed by atoms with Gasteiger partial charge >= 0.3 is 0 Å². The van der Waals surface area contributed by atoms with E-state index < -0.39 is 11.0 Å². The summed E-state index contributed by atoms with van der Waals surface area (Å²) in [4.78, 5) is 17.1. The number of carbonyl (C=O) groups is 1. The molecule has 144 valence electrons. The number of pyridine rings is 1. The summed E-state index contributed by atoms with van der Waals surface area (Å²) in [7, 11) is 0. The lowest BCUT2D eigenvalue weighted by Crippen LogP contribution is -2.47. The number of amides is 1. The first-order valence-electron chi connectivity index (χ1n) is 8.78. The van der Waals surface area contributed by atoms with Crippen molar-refractivity contribution in [3.8, 4) is 23.3 Å². The number of nitrogens with one attached hydrogen (secondary N) is 1. The van der Waals surface area contributed by atoms with Crippen molar-refractivity contribution in [3.63, 3.8) is 0 Å². The second kappa shape index (κ2) is 9.01. The van der Waals surface area contributed by atoms with Crippen molar-refractivity contribution in [3.05, 3.63) is 30.0 Å². The minimum atomic E-state index is -0.678. The Morgan fingerprint density at radius 3 is 2.67 bits per heavy atom. The molecule has 0 bridgehead atoms. The molecule has 1 heterocycles. The largest absolute Gasteiger partial charge is 0.492 e. The third kappa shape index (κ3) is 5.54. The molecule has 0 aliphatic heterocycles. The molecule has 0 aliphatic carbocycles. The molecule has 5 nitrogen and oxygen atoms in total. The van der Waals surface area contributed by atoms with Gasteiger partial charge in [-0.05, 0) is 64.6 Å². The fraction of sp³-hybridized carbons (Fsp3) is 0.429. The SMILES string of the molecule is CC#CC(C)(C)NC(=O)C(Oc1cc(C)c2ncc(OCC)cc2c1)SC. The predicted molar refractivity (Wildman–Crippen MR) is 111 cm³/mol. The standard InChI is InChI=1S/C21H26N2O3S/c1-7-9-21(4,5)23-19(24)20(27-6)26-16-10-14(3)18-15(11-16)12-17(13-22-18)25-8-2/h10-13,20H,8H2,1-6H3,(H,23,24). The van der Waals surface area contributed by atoms with Gasteiger partial charge in [0.25, 0.3) is 5.91 Å². The summed E-state index contributed by atoms with van der Waals surface area (Å²) in [5.41, 5.74) is 0.569. The number of hydrogen-bond donors (Lipinski definition) is 1. The first kappa shape index (κ1) is 20.9. The molecular formula is C21H26N2O3S. The van der Waals surface area contributed by atoms with Crippen LogP contribution in [0.1, 0.15) is 33.3 Å². The van der Waals surface area contributed by atoms with Crippen LogP contribution >= 0.6 is 11.8 Å². The average Bonchev–Trinajstić information content (AvgIpc) is 2.59. The number of ether oxygens (including phenoxy) is 2. The Labute approximate surface area is 165 Å². The maximum Gasteiger partial charge on any atom is 0.272 e. The Balaban J connectivity index is 2.26. The topological polar surface area (TPSA) is 60.5 Å². The highest BCUT2D eigenvalue weighted by atomic mass is 32.2. The summed E-state index contributed by atoms with van der Waals surface area (Å²) in [6, 6.07) is 5.70. The first-order chi connectivity index (χ1) is 12.8. The minimum Gasteiger partial charge on any atom is -0.492 e. The number of aromatic nitrogens is 1. The van der Waals surface area contributed by atoms with Crippen LogP contribution in [0, 0.1) is 18.8 Å². The molecule has 1 atom stereocenters. The van der Waals surface area contributed by atoms with Crippen LogP contribution in [-0.4, -0.2) is 34.7 Å². The van der Waals surface area contributed by atoms with Crippen LogP contribution in [-0.2, 0) is 4.79 Å². The van der Waals surface area contributed by atoms with Gasteiger partial charge in [-0.15, -0.1) is 17.7 Å². The molecule has 0 spiro atoms. The summed E-state index contributed by atoms with van der Waals surface area (Å²) >= 11 is 1.33. The highest BCUT2D eigenvalue weighted by molar-refractivity contribution is 7.99. The normalized spacial score (nSPS) is 12.1. The lowest BCUT2D eigenvalue weighted by molar-refractivity contribution is -0.125. The van der Waals surface area contributed by atoms with E-state index in [-0.39, 0.29) is 5.91 Å². The van der Waals surface area contributed by atoms with Crippen molar-refractivity contribution < 1.29 is 14.3 Å². The molecule has 27 heavy (non-hydrogen) atoms. The van der Waals surface area contributed by atoms with Gasteiger partial charge in [0, 0.05) is 5.39 Å². The van der Waals surface area contributed by atoms with E-state index in [9.17, 15) is 4.79 Å². The molecule has 1 amide bonds. The summed E-state index contributed by atoms with van der Waals surface area (Å²) in [5, 5.41) is 3.83. The Bertz CT molecular complexity index is 884. The number of fused-ring (bicyclic) bond motifs is 1. The van der Waals surface area contributed by atoms with E-state index in [1.807, 2.05) is 52.1 Å². The summed E-state index contributed by atoms with van der Waals surface area (Å²) in [5.74, 6) is 6.92. The zero-order valence-electron chi connectivity index (χ0n) is 16.7. The summed E-state index contributed by atoms with van der Waals surface area (Å²) < 4.78 is 11.5. The Morgan fingerprint density at radius 2 is 2.04 bits per heavy atom. The van der Waals surface area contributed by atoms with Crippen molar-refractivity contribution in [2.45, 2.75) is 45.6 Å². The first-order valence-corrected chi connectivity index (χ1v) is 10.1. The van der Waals surface area contributed by atoms with Crippen molar-refractivity contribution in [1.82, 2.24) is 10.3 Å². The quantitative estimate of drug-likeness (QED) is 0.577. The molecule has 2 aromatic rings. The fourth-order valence-corrected chi connectivity index (χ4v) is 3.21. The zero-order valence-corrected chi connectivity index (χ0v) is 17.5. The molecule has 1 N–H and O–H groups in total. The Hall–Kier alpha value is -2.39. The van der Waals surface area contributed by atoms with Gasteiger partial charge < -0.3 is 14.8 Å². The van der Waals surface area contributed by atoms with Crippen LogP contribution in [0.5, 0.6) is 11.5 Å². The molecule has 2 rings (SSSR count). The van der Waals surface area contributed by atoms with E-state index in [0.29, 0.717) is 18.1 Å². The highest BCUT2D eigenvalue weighted by Crippen LogP contribution is 2.28. The second-order valence-electron chi connectivity index (χ2n) is 6.59. The zero-order chi connectivity index (χ0) is 20.0. The van der Waals surface area contributed by atoms with Crippen molar-refractivity contribution in [2.75, 3.05) is 12.9 Å². The van der Waals surface area contributed by atoms with E-state index in [4.69, 9.17) is 9.47 Å². The highest BCUT2D eigenvalue weighted by Gasteiger charge is 2.25. The maximum absolute atomic E-state index is 12.6. The molecule has 0 radical (unpaired) electrons. The Kier molecular flexibility index (Phi) is 6.98. The minimum absolute atomic E-state index is 0.214. The predicted octanol–water partition coefficient (Wildman–Crippen LogP) is 3.93. The number of thioether (sulfide) groups is 1. The fourth-order valence-electron chi connectivity index (χ4n) is 2.73. The van der Waals surface area contributed by atoms with E-state index in [1.165, 1.54) is 11.8 Å². The molecule has 0 aliphatic rings. The average molecular weight is 387 g/mol. The molecule has 0 saturated heterocycles. The van der Waals surface area contributed by atoms with Gasteiger partial charge in [-0.25, -0.2) is 0 Å². The number of nitrogens with zero attached hydrogens (tertiary/aromatic N) is 1. The molecular weight excluding hydrogens is 360 g/mol. The van der Waals surface area contributed by atoms with E-state index >= 15 is 0 Å². The molecule has 1 unspecified atom stereocenters. The van der Waals surface area contributed by atoms with Gasteiger partial charge in [0.05, 0.1) is 23.9 Å². The number of benzene rings is 1. The van der Waals surface area contributed by atoms with Crippen molar-refractivity contribution >= 4 is 28.6 Å². The lowest BCUT2D eigenvalue weighted by Gasteiger charge is -2.24. The number of rotatable bonds is 7. The van der Waals surface area contributed by atoms with Crippen LogP contribution in [0.3, 0.4) is 0 Å². The molecule has 1 aromatic heterocycles. The van der Waals surface area contributed by atoms with Crippen LogP contribution in [0.2, 0.25) is 0 Å². The second-order valence-corrected chi connectivity index (χ2v) is 7.49. The van der Waals surface area contributed by atoms with E-state index in [0.717, 1.165) is 16.5 Å². The van der Waals surface area contributed by atoms with Gasteiger partial charge in [0.2, 0.25) is 5.44 Å². The maximum atomic E-state index is 12.6. The number of carbonyl (C=O) groups excluding carboxylic acids is 1. The van der Waals surface area contributed by atoms with Crippen LogP contribution in [0.25, 0.3) is 10.9 Å². The smallest absolute Gasteiger partial charge is 0.272 e. The monoisotopic (exact) mass is 386 g/mol.